The van der Waals surface area contributed by atoms with Gasteiger partial charge in [0.15, 0.2) is 0 Å². The van der Waals surface area contributed by atoms with Gasteiger partial charge in [0.2, 0.25) is 0 Å². The molecule has 1 heterocycles. The topological polar surface area (TPSA) is 29.3 Å². The molecule has 18 heavy (non-hydrogen) atoms. The Bertz CT molecular complexity index is 397. The Morgan fingerprint density at radius 2 is 2.11 bits per heavy atom. The summed E-state index contributed by atoms with van der Waals surface area (Å²) < 4.78 is 0.997. The van der Waals surface area contributed by atoms with Crippen LogP contribution in [-0.2, 0) is 0 Å². The van der Waals surface area contributed by atoms with Crippen molar-refractivity contribution in [3.8, 4) is 0 Å². The highest BCUT2D eigenvalue weighted by Crippen LogP contribution is 2.27. The van der Waals surface area contributed by atoms with E-state index in [0.717, 1.165) is 28.0 Å². The number of thioether (sulfide) groups is 1. The third-order valence-electron chi connectivity index (χ3n) is 3.22. The predicted octanol–water partition coefficient (Wildman–Crippen LogP) is 3.54. The van der Waals surface area contributed by atoms with E-state index in [1.54, 1.807) is 0 Å². The van der Waals surface area contributed by atoms with Gasteiger partial charge in [-0.2, -0.15) is 11.8 Å². The average Bonchev–Trinajstić information content (AvgIpc) is 2.37. The maximum Gasteiger partial charge on any atom is 0.0464 e. The Labute approximate surface area is 126 Å². The zero-order valence-corrected chi connectivity index (χ0v) is 13.4. The van der Waals surface area contributed by atoms with E-state index in [1.165, 1.54) is 24.6 Å². The Kier molecular flexibility index (Phi) is 5.83. The summed E-state index contributed by atoms with van der Waals surface area (Å²) in [6, 6.07) is 5.95. The molecular weight excluding hydrogens is 332 g/mol. The lowest BCUT2D eigenvalue weighted by Gasteiger charge is -2.27. The minimum Gasteiger partial charge on any atom is -0.324 e. The first-order chi connectivity index (χ1) is 8.66. The monoisotopic (exact) mass is 348 g/mol. The molecule has 0 aromatic heterocycles. The number of rotatable bonds is 4. The van der Waals surface area contributed by atoms with Crippen molar-refractivity contribution in [1.82, 2.24) is 4.90 Å². The van der Waals surface area contributed by atoms with Gasteiger partial charge in [0.05, 0.1) is 0 Å². The molecule has 1 aromatic carbocycles. The summed E-state index contributed by atoms with van der Waals surface area (Å²) >= 11 is 11.7. The smallest absolute Gasteiger partial charge is 0.0464 e. The van der Waals surface area contributed by atoms with Crippen molar-refractivity contribution in [2.24, 2.45) is 5.73 Å². The van der Waals surface area contributed by atoms with Gasteiger partial charge in [-0.25, -0.2) is 0 Å². The number of halogens is 2. The van der Waals surface area contributed by atoms with Gasteiger partial charge in [0, 0.05) is 46.7 Å². The highest BCUT2D eigenvalue weighted by atomic mass is 79.9. The quantitative estimate of drug-likeness (QED) is 0.901. The second kappa shape index (κ2) is 7.15. The minimum atomic E-state index is 0.0279. The normalized spacial score (nSPS) is 18.8. The number of hydrogen-bond donors (Lipinski definition) is 1. The number of hydrogen-bond acceptors (Lipinski definition) is 3. The van der Waals surface area contributed by atoms with Crippen LogP contribution in [0.25, 0.3) is 0 Å². The molecule has 1 saturated heterocycles. The van der Waals surface area contributed by atoms with Gasteiger partial charge >= 0.3 is 0 Å². The minimum absolute atomic E-state index is 0.0279. The van der Waals surface area contributed by atoms with E-state index >= 15 is 0 Å². The lowest BCUT2D eigenvalue weighted by molar-refractivity contribution is 0.289. The summed E-state index contributed by atoms with van der Waals surface area (Å²) in [5.41, 5.74) is 7.28. The summed E-state index contributed by atoms with van der Waals surface area (Å²) in [5.74, 6) is 2.49. The summed E-state index contributed by atoms with van der Waals surface area (Å²) in [4.78, 5) is 2.49. The molecule has 1 aromatic rings. The summed E-state index contributed by atoms with van der Waals surface area (Å²) in [6.07, 6.45) is 0.964. The van der Waals surface area contributed by atoms with E-state index in [-0.39, 0.29) is 6.04 Å². The zero-order valence-electron chi connectivity index (χ0n) is 10.2. The molecule has 0 saturated carbocycles. The molecule has 1 aliphatic heterocycles. The first-order valence-corrected chi connectivity index (χ1v) is 8.50. The van der Waals surface area contributed by atoms with E-state index in [9.17, 15) is 0 Å². The third kappa shape index (κ3) is 4.14. The molecule has 1 atom stereocenters. The molecule has 0 aliphatic carbocycles. The first-order valence-electron chi connectivity index (χ1n) is 6.17. The zero-order chi connectivity index (χ0) is 13.0. The van der Waals surface area contributed by atoms with Crippen molar-refractivity contribution in [3.63, 3.8) is 0 Å². The molecule has 1 unspecified atom stereocenters. The second-order valence-electron chi connectivity index (χ2n) is 4.52. The van der Waals surface area contributed by atoms with Gasteiger partial charge in [-0.3, -0.25) is 0 Å². The molecule has 0 bridgehead atoms. The second-order valence-corrected chi connectivity index (χ2v) is 7.06. The number of nitrogens with two attached hydrogens (primary N) is 1. The molecule has 2 rings (SSSR count). The van der Waals surface area contributed by atoms with Crippen molar-refractivity contribution in [2.45, 2.75) is 12.5 Å². The predicted molar refractivity (Wildman–Crippen MR) is 84.5 cm³/mol. The Balaban J connectivity index is 1.88. The maximum atomic E-state index is 6.23. The van der Waals surface area contributed by atoms with E-state index in [4.69, 9.17) is 17.3 Å². The van der Waals surface area contributed by atoms with Gasteiger partial charge in [0.25, 0.3) is 0 Å². The number of nitrogens with zero attached hydrogens (tertiary/aromatic N) is 1. The highest BCUT2D eigenvalue weighted by Gasteiger charge is 2.14. The van der Waals surface area contributed by atoms with E-state index in [1.807, 2.05) is 30.0 Å². The van der Waals surface area contributed by atoms with E-state index in [0.29, 0.717) is 0 Å². The molecular formula is C13H18BrClN2S. The SMILES string of the molecule is NC(CCN1CCSCC1)c1ccc(Br)cc1Cl. The van der Waals surface area contributed by atoms with Crippen LogP contribution in [0.1, 0.15) is 18.0 Å². The third-order valence-corrected chi connectivity index (χ3v) is 4.99. The maximum absolute atomic E-state index is 6.23. The van der Waals surface area contributed by atoms with Gasteiger partial charge in [-0.15, -0.1) is 0 Å². The van der Waals surface area contributed by atoms with Crippen LogP contribution in [0.15, 0.2) is 22.7 Å². The van der Waals surface area contributed by atoms with Gasteiger partial charge < -0.3 is 10.6 Å². The molecule has 100 valence electrons. The fourth-order valence-corrected chi connectivity index (χ4v) is 3.90. The van der Waals surface area contributed by atoms with Crippen LogP contribution in [0.4, 0.5) is 0 Å². The van der Waals surface area contributed by atoms with Crippen molar-refractivity contribution in [1.29, 1.82) is 0 Å². The van der Waals surface area contributed by atoms with Crippen molar-refractivity contribution in [3.05, 3.63) is 33.3 Å². The van der Waals surface area contributed by atoms with Gasteiger partial charge in [0.1, 0.15) is 0 Å². The molecule has 0 amide bonds. The highest BCUT2D eigenvalue weighted by molar-refractivity contribution is 9.10. The Hall–Kier alpha value is 0.260. The van der Waals surface area contributed by atoms with Crippen LogP contribution in [0.3, 0.4) is 0 Å². The fraction of sp³-hybridized carbons (Fsp3) is 0.538. The molecule has 1 aliphatic rings. The van der Waals surface area contributed by atoms with E-state index in [2.05, 4.69) is 20.8 Å². The molecule has 2 nitrogen and oxygen atoms in total. The lowest BCUT2D eigenvalue weighted by atomic mass is 10.0. The van der Waals surface area contributed by atoms with Crippen LogP contribution in [0.5, 0.6) is 0 Å². The molecule has 2 N–H and O–H groups in total. The molecule has 1 fully saturated rings. The van der Waals surface area contributed by atoms with Crippen molar-refractivity contribution >= 4 is 39.3 Å². The average molecular weight is 350 g/mol. The van der Waals surface area contributed by atoms with Crippen molar-refractivity contribution < 1.29 is 0 Å². The fourth-order valence-electron chi connectivity index (χ4n) is 2.10. The van der Waals surface area contributed by atoms with Crippen LogP contribution >= 0.6 is 39.3 Å². The standard InChI is InChI=1S/C13H18BrClN2S/c14-10-1-2-11(12(15)9-10)13(16)3-4-17-5-7-18-8-6-17/h1-2,9,13H,3-8,16H2. The molecule has 5 heteroatoms. The van der Waals surface area contributed by atoms with Crippen LogP contribution in [0.2, 0.25) is 5.02 Å². The molecule has 0 spiro atoms. The van der Waals surface area contributed by atoms with Crippen LogP contribution in [0, 0.1) is 0 Å². The summed E-state index contributed by atoms with van der Waals surface area (Å²) in [7, 11) is 0. The summed E-state index contributed by atoms with van der Waals surface area (Å²) in [6.45, 7) is 3.44. The lowest BCUT2D eigenvalue weighted by Crippen LogP contribution is -2.34. The Morgan fingerprint density at radius 3 is 2.78 bits per heavy atom. The van der Waals surface area contributed by atoms with Crippen LogP contribution in [-0.4, -0.2) is 36.0 Å². The Morgan fingerprint density at radius 1 is 1.39 bits per heavy atom. The van der Waals surface area contributed by atoms with Crippen molar-refractivity contribution in [2.75, 3.05) is 31.1 Å². The summed E-state index contributed by atoms with van der Waals surface area (Å²) in [5, 5.41) is 0.756. The van der Waals surface area contributed by atoms with Gasteiger partial charge in [-0.1, -0.05) is 33.6 Å². The number of benzene rings is 1. The van der Waals surface area contributed by atoms with Gasteiger partial charge in [-0.05, 0) is 24.1 Å². The largest absolute Gasteiger partial charge is 0.324 e. The first kappa shape index (κ1) is 14.7. The molecule has 0 radical (unpaired) electrons. The van der Waals surface area contributed by atoms with E-state index < -0.39 is 0 Å². The van der Waals surface area contributed by atoms with Crippen LogP contribution < -0.4 is 5.73 Å².